The van der Waals surface area contributed by atoms with Crippen LogP contribution in [0.25, 0.3) is 0 Å². The van der Waals surface area contributed by atoms with Gasteiger partial charge in [-0.3, -0.25) is 9.89 Å². The highest BCUT2D eigenvalue weighted by Gasteiger charge is 2.22. The van der Waals surface area contributed by atoms with Crippen molar-refractivity contribution in [1.29, 1.82) is 0 Å². The van der Waals surface area contributed by atoms with E-state index in [-0.39, 0.29) is 12.0 Å². The van der Waals surface area contributed by atoms with Gasteiger partial charge in [-0.15, -0.1) is 0 Å². The zero-order valence-electron chi connectivity index (χ0n) is 13.1. The second-order valence-electron chi connectivity index (χ2n) is 6.19. The minimum absolute atomic E-state index is 0.0480. The summed E-state index contributed by atoms with van der Waals surface area (Å²) < 4.78 is 0. The van der Waals surface area contributed by atoms with E-state index in [0.717, 1.165) is 49.1 Å². The number of aromatic nitrogens is 2. The summed E-state index contributed by atoms with van der Waals surface area (Å²) >= 11 is 0. The van der Waals surface area contributed by atoms with E-state index in [9.17, 15) is 9.90 Å². The van der Waals surface area contributed by atoms with E-state index in [1.54, 1.807) is 0 Å². The van der Waals surface area contributed by atoms with Crippen LogP contribution in [0.3, 0.4) is 0 Å². The molecule has 1 amide bonds. The molecule has 2 rings (SSSR count). The Morgan fingerprint density at radius 3 is 2.81 bits per heavy atom. The van der Waals surface area contributed by atoms with Crippen LogP contribution in [0.1, 0.15) is 55.5 Å². The van der Waals surface area contributed by atoms with E-state index in [1.807, 2.05) is 13.8 Å². The molecule has 1 aliphatic carbocycles. The first-order chi connectivity index (χ1) is 10.1. The minimum Gasteiger partial charge on any atom is -0.393 e. The van der Waals surface area contributed by atoms with Crippen molar-refractivity contribution >= 4 is 5.91 Å². The third-order valence-electron chi connectivity index (χ3n) is 4.56. The van der Waals surface area contributed by atoms with Crippen LogP contribution >= 0.6 is 0 Å². The average molecular weight is 293 g/mol. The summed E-state index contributed by atoms with van der Waals surface area (Å²) in [7, 11) is 0. The predicted octanol–water partition coefficient (Wildman–Crippen LogP) is 2.02. The molecule has 1 aromatic rings. The number of rotatable bonds is 6. The Morgan fingerprint density at radius 1 is 1.38 bits per heavy atom. The molecule has 5 heteroatoms. The Balaban J connectivity index is 1.65. The zero-order valence-corrected chi connectivity index (χ0v) is 13.1. The lowest BCUT2D eigenvalue weighted by Gasteiger charge is -2.27. The fraction of sp³-hybridized carbons (Fsp3) is 0.750. The van der Waals surface area contributed by atoms with E-state index < -0.39 is 0 Å². The molecule has 0 radical (unpaired) electrons. The number of aliphatic hydroxyl groups excluding tert-OH is 1. The van der Waals surface area contributed by atoms with Gasteiger partial charge in [-0.2, -0.15) is 5.10 Å². The van der Waals surface area contributed by atoms with E-state index >= 15 is 0 Å². The molecule has 2 atom stereocenters. The first kappa shape index (κ1) is 16.0. The summed E-state index contributed by atoms with van der Waals surface area (Å²) in [5, 5.41) is 19.9. The van der Waals surface area contributed by atoms with Gasteiger partial charge in [-0.05, 0) is 45.4 Å². The number of carbonyl (C=O) groups excluding carboxylic acids is 1. The van der Waals surface area contributed by atoms with E-state index in [0.29, 0.717) is 18.9 Å². The van der Waals surface area contributed by atoms with Gasteiger partial charge in [0.1, 0.15) is 0 Å². The van der Waals surface area contributed by atoms with Gasteiger partial charge in [-0.1, -0.05) is 12.8 Å². The van der Waals surface area contributed by atoms with Gasteiger partial charge in [-0.25, -0.2) is 0 Å². The first-order valence-corrected chi connectivity index (χ1v) is 8.03. The molecule has 21 heavy (non-hydrogen) atoms. The molecule has 1 aromatic heterocycles. The van der Waals surface area contributed by atoms with Crippen molar-refractivity contribution in [3.05, 3.63) is 17.0 Å². The molecule has 0 unspecified atom stereocenters. The molecule has 0 bridgehead atoms. The number of hydrogen-bond donors (Lipinski definition) is 3. The van der Waals surface area contributed by atoms with Crippen LogP contribution in [0, 0.1) is 19.8 Å². The van der Waals surface area contributed by atoms with Crippen LogP contribution in [0.15, 0.2) is 0 Å². The second-order valence-corrected chi connectivity index (χ2v) is 6.19. The second kappa shape index (κ2) is 7.59. The molecule has 3 N–H and O–H groups in total. The van der Waals surface area contributed by atoms with Crippen molar-refractivity contribution in [1.82, 2.24) is 15.5 Å². The molecule has 0 spiro atoms. The average Bonchev–Trinajstić information content (AvgIpc) is 2.77. The van der Waals surface area contributed by atoms with Crippen LogP contribution in [0.5, 0.6) is 0 Å². The summed E-state index contributed by atoms with van der Waals surface area (Å²) in [6, 6.07) is 0. The summed E-state index contributed by atoms with van der Waals surface area (Å²) in [6.45, 7) is 4.54. The van der Waals surface area contributed by atoms with Gasteiger partial charge in [0.25, 0.3) is 0 Å². The highest BCUT2D eigenvalue weighted by Crippen LogP contribution is 2.27. The molecule has 1 heterocycles. The quantitative estimate of drug-likeness (QED) is 0.702. The first-order valence-electron chi connectivity index (χ1n) is 8.03. The molecule has 5 nitrogen and oxygen atoms in total. The summed E-state index contributed by atoms with van der Waals surface area (Å²) in [5.74, 6) is 0.473. The molecular formula is C16H27N3O2. The molecule has 0 aliphatic heterocycles. The highest BCUT2D eigenvalue weighted by molar-refractivity contribution is 5.79. The lowest BCUT2D eigenvalue weighted by atomic mass is 9.83. The zero-order chi connectivity index (χ0) is 15.2. The lowest BCUT2D eigenvalue weighted by molar-refractivity contribution is -0.120. The summed E-state index contributed by atoms with van der Waals surface area (Å²) in [5.41, 5.74) is 2.86. The normalized spacial score (nSPS) is 22.2. The van der Waals surface area contributed by atoms with Crippen molar-refractivity contribution in [3.63, 3.8) is 0 Å². The smallest absolute Gasteiger partial charge is 0.224 e. The number of amides is 1. The van der Waals surface area contributed by atoms with Gasteiger partial charge < -0.3 is 10.4 Å². The molecule has 1 aliphatic rings. The number of hydrogen-bond acceptors (Lipinski definition) is 3. The van der Waals surface area contributed by atoms with Gasteiger partial charge in [0.2, 0.25) is 5.91 Å². The Kier molecular flexibility index (Phi) is 5.79. The molecule has 0 saturated heterocycles. The summed E-state index contributed by atoms with van der Waals surface area (Å²) in [4.78, 5) is 11.9. The summed E-state index contributed by atoms with van der Waals surface area (Å²) in [6.07, 6.45) is 6.65. The Morgan fingerprint density at radius 2 is 2.14 bits per heavy atom. The van der Waals surface area contributed by atoms with Crippen molar-refractivity contribution < 1.29 is 9.90 Å². The van der Waals surface area contributed by atoms with Crippen LogP contribution in [-0.4, -0.2) is 33.9 Å². The molecule has 0 aromatic carbocycles. The standard InChI is InChI=1S/C16H27N3O2/c1-11-14(12(2)19-18-11)10-16(21)17-9-5-7-13-6-3-4-8-15(13)20/h13,15,20H,3-10H2,1-2H3,(H,17,21)(H,18,19)/t13-,15-/m0/s1. The maximum Gasteiger partial charge on any atom is 0.224 e. The lowest BCUT2D eigenvalue weighted by Crippen LogP contribution is -2.29. The minimum atomic E-state index is -0.134. The molecule has 1 saturated carbocycles. The van der Waals surface area contributed by atoms with Crippen molar-refractivity contribution in [2.75, 3.05) is 6.54 Å². The van der Waals surface area contributed by atoms with Crippen molar-refractivity contribution in [2.45, 2.75) is 64.9 Å². The van der Waals surface area contributed by atoms with Gasteiger partial charge in [0, 0.05) is 17.8 Å². The number of aliphatic hydroxyl groups is 1. The topological polar surface area (TPSA) is 78.0 Å². The third kappa shape index (κ3) is 4.56. The molecular weight excluding hydrogens is 266 g/mol. The number of nitrogens with zero attached hydrogens (tertiary/aromatic N) is 1. The number of carbonyl (C=O) groups is 1. The maximum absolute atomic E-state index is 11.9. The number of H-pyrrole nitrogens is 1. The van der Waals surface area contributed by atoms with E-state index in [4.69, 9.17) is 0 Å². The molecule has 118 valence electrons. The van der Waals surface area contributed by atoms with Crippen molar-refractivity contribution in [3.8, 4) is 0 Å². The van der Waals surface area contributed by atoms with E-state index in [1.165, 1.54) is 6.42 Å². The van der Waals surface area contributed by atoms with Crippen LogP contribution in [-0.2, 0) is 11.2 Å². The third-order valence-corrected chi connectivity index (χ3v) is 4.56. The van der Waals surface area contributed by atoms with E-state index in [2.05, 4.69) is 15.5 Å². The van der Waals surface area contributed by atoms with Crippen LogP contribution < -0.4 is 5.32 Å². The van der Waals surface area contributed by atoms with Crippen LogP contribution in [0.4, 0.5) is 0 Å². The highest BCUT2D eigenvalue weighted by atomic mass is 16.3. The number of nitrogens with one attached hydrogen (secondary N) is 2. The monoisotopic (exact) mass is 293 g/mol. The Labute approximate surface area is 126 Å². The SMILES string of the molecule is Cc1n[nH]c(C)c1CC(=O)NCCC[C@@H]1CCCC[C@@H]1O. The predicted molar refractivity (Wildman–Crippen MR) is 82.0 cm³/mol. The Hall–Kier alpha value is -1.36. The Bertz CT molecular complexity index is 451. The molecule has 1 fully saturated rings. The fourth-order valence-corrected chi connectivity index (χ4v) is 3.17. The fourth-order valence-electron chi connectivity index (χ4n) is 3.17. The largest absolute Gasteiger partial charge is 0.393 e. The number of aryl methyl sites for hydroxylation is 2. The maximum atomic E-state index is 11.9. The van der Waals surface area contributed by atoms with Gasteiger partial charge in [0.15, 0.2) is 0 Å². The van der Waals surface area contributed by atoms with Gasteiger partial charge in [0.05, 0.1) is 18.2 Å². The van der Waals surface area contributed by atoms with Crippen molar-refractivity contribution in [2.24, 2.45) is 5.92 Å². The number of aromatic amines is 1. The van der Waals surface area contributed by atoms with Gasteiger partial charge >= 0.3 is 0 Å². The van der Waals surface area contributed by atoms with Crippen LogP contribution in [0.2, 0.25) is 0 Å².